The number of carbonyl (C=O) groups excluding carboxylic acids is 2. The van der Waals surface area contributed by atoms with Crippen molar-refractivity contribution < 1.29 is 18.7 Å². The molecule has 0 fully saturated rings. The van der Waals surface area contributed by atoms with Gasteiger partial charge in [-0.25, -0.2) is 4.99 Å². The number of carbonyl (C=O) groups is 2. The number of aryl methyl sites for hydroxylation is 1. The molecule has 0 unspecified atom stereocenters. The highest BCUT2D eigenvalue weighted by atomic mass is 16.5. The van der Waals surface area contributed by atoms with Crippen molar-refractivity contribution in [1.82, 2.24) is 4.90 Å². The van der Waals surface area contributed by atoms with Crippen molar-refractivity contribution in [2.75, 3.05) is 13.2 Å². The van der Waals surface area contributed by atoms with E-state index in [1.807, 2.05) is 43.3 Å². The van der Waals surface area contributed by atoms with E-state index in [4.69, 9.17) is 9.15 Å². The van der Waals surface area contributed by atoms with Crippen LogP contribution in [0.1, 0.15) is 24.0 Å². The molecule has 0 bridgehead atoms. The minimum atomic E-state index is -0.477. The van der Waals surface area contributed by atoms with Crippen LogP contribution in [0.5, 0.6) is 0 Å². The first-order valence-corrected chi connectivity index (χ1v) is 7.98. The molecule has 3 rings (SSSR count). The summed E-state index contributed by atoms with van der Waals surface area (Å²) in [5, 5.41) is 0. The van der Waals surface area contributed by atoms with Crippen molar-refractivity contribution in [2.45, 2.75) is 13.8 Å². The third kappa shape index (κ3) is 3.68. The van der Waals surface area contributed by atoms with Crippen LogP contribution in [-0.4, -0.2) is 35.8 Å². The van der Waals surface area contributed by atoms with E-state index in [1.54, 1.807) is 19.1 Å². The molecule has 2 aromatic rings. The third-order valence-electron chi connectivity index (χ3n) is 3.61. The average molecular weight is 338 g/mol. The van der Waals surface area contributed by atoms with Crippen LogP contribution < -0.4 is 0 Å². The van der Waals surface area contributed by atoms with Gasteiger partial charge < -0.3 is 9.15 Å². The Morgan fingerprint density at radius 3 is 2.64 bits per heavy atom. The van der Waals surface area contributed by atoms with Crippen LogP contribution in [0, 0.1) is 6.92 Å². The molecule has 6 heteroatoms. The van der Waals surface area contributed by atoms with Gasteiger partial charge in [0.05, 0.1) is 6.61 Å². The molecular formula is C19H18N2O4. The van der Waals surface area contributed by atoms with Crippen molar-refractivity contribution >= 4 is 23.8 Å². The van der Waals surface area contributed by atoms with Crippen LogP contribution in [0.2, 0.25) is 0 Å². The molecule has 0 radical (unpaired) electrons. The molecule has 0 spiro atoms. The van der Waals surface area contributed by atoms with Gasteiger partial charge in [0.2, 0.25) is 0 Å². The summed E-state index contributed by atoms with van der Waals surface area (Å²) in [7, 11) is 0. The van der Waals surface area contributed by atoms with Crippen molar-refractivity contribution in [3.8, 4) is 0 Å². The normalized spacial score (nSPS) is 15.6. The van der Waals surface area contributed by atoms with Crippen LogP contribution in [0.15, 0.2) is 57.6 Å². The van der Waals surface area contributed by atoms with Gasteiger partial charge in [-0.15, -0.1) is 0 Å². The topological polar surface area (TPSA) is 72.1 Å². The molecule has 1 aromatic carbocycles. The summed E-state index contributed by atoms with van der Waals surface area (Å²) in [6.45, 7) is 3.62. The van der Waals surface area contributed by atoms with E-state index in [-0.39, 0.29) is 24.8 Å². The van der Waals surface area contributed by atoms with E-state index < -0.39 is 5.97 Å². The smallest absolute Gasteiger partial charge is 0.326 e. The first kappa shape index (κ1) is 16.7. The van der Waals surface area contributed by atoms with E-state index in [2.05, 4.69) is 4.99 Å². The molecule has 1 amide bonds. The minimum absolute atomic E-state index is 0.186. The number of benzene rings is 1. The predicted molar refractivity (Wildman–Crippen MR) is 92.7 cm³/mol. The maximum Gasteiger partial charge on any atom is 0.326 e. The Labute approximate surface area is 145 Å². The van der Waals surface area contributed by atoms with Gasteiger partial charge in [-0.3, -0.25) is 14.5 Å². The second-order valence-electron chi connectivity index (χ2n) is 5.48. The number of amidine groups is 1. The van der Waals surface area contributed by atoms with E-state index in [9.17, 15) is 9.59 Å². The number of aliphatic imine (C=N–C) groups is 1. The standard InChI is InChI=1S/C19H18N2O4/c1-3-24-17(22)12-21-18(14-7-5-4-6-8-14)20-16(19(21)23)11-15-10-9-13(2)25-15/h4-11H,3,12H2,1-2H3/b16-11-. The van der Waals surface area contributed by atoms with E-state index in [1.165, 1.54) is 4.90 Å². The molecule has 1 aliphatic heterocycles. The van der Waals surface area contributed by atoms with Gasteiger partial charge in [0.25, 0.3) is 5.91 Å². The molecule has 6 nitrogen and oxygen atoms in total. The highest BCUT2D eigenvalue weighted by Gasteiger charge is 2.33. The largest absolute Gasteiger partial charge is 0.465 e. The minimum Gasteiger partial charge on any atom is -0.465 e. The van der Waals surface area contributed by atoms with Gasteiger partial charge in [-0.05, 0) is 26.0 Å². The summed E-state index contributed by atoms with van der Waals surface area (Å²) < 4.78 is 10.4. The summed E-state index contributed by atoms with van der Waals surface area (Å²) in [5.41, 5.74) is 0.969. The fourth-order valence-corrected chi connectivity index (χ4v) is 2.51. The lowest BCUT2D eigenvalue weighted by Crippen LogP contribution is -2.37. The zero-order valence-corrected chi connectivity index (χ0v) is 14.1. The van der Waals surface area contributed by atoms with Crippen LogP contribution in [0.25, 0.3) is 6.08 Å². The van der Waals surface area contributed by atoms with Crippen molar-refractivity contribution in [3.63, 3.8) is 0 Å². The number of esters is 1. The van der Waals surface area contributed by atoms with Gasteiger partial charge in [0.1, 0.15) is 29.6 Å². The Kier molecular flexibility index (Phi) is 4.79. The molecule has 0 N–H and O–H groups in total. The summed E-state index contributed by atoms with van der Waals surface area (Å²) >= 11 is 0. The maximum absolute atomic E-state index is 12.7. The lowest BCUT2D eigenvalue weighted by molar-refractivity contribution is -0.145. The molecule has 128 valence electrons. The quantitative estimate of drug-likeness (QED) is 0.621. The van der Waals surface area contributed by atoms with Gasteiger partial charge in [-0.2, -0.15) is 0 Å². The van der Waals surface area contributed by atoms with Crippen LogP contribution in [-0.2, 0) is 14.3 Å². The fraction of sp³-hybridized carbons (Fsp3) is 0.211. The summed E-state index contributed by atoms with van der Waals surface area (Å²) in [6, 6.07) is 12.8. The molecule has 0 saturated heterocycles. The highest BCUT2D eigenvalue weighted by Crippen LogP contribution is 2.22. The Morgan fingerprint density at radius 1 is 1.24 bits per heavy atom. The third-order valence-corrected chi connectivity index (χ3v) is 3.61. The molecule has 1 aliphatic rings. The second kappa shape index (κ2) is 7.17. The molecule has 0 atom stereocenters. The van der Waals surface area contributed by atoms with Crippen LogP contribution in [0.4, 0.5) is 0 Å². The van der Waals surface area contributed by atoms with Crippen molar-refractivity contribution in [1.29, 1.82) is 0 Å². The first-order chi connectivity index (χ1) is 12.1. The number of amides is 1. The van der Waals surface area contributed by atoms with E-state index >= 15 is 0 Å². The van der Waals surface area contributed by atoms with Gasteiger partial charge in [0, 0.05) is 11.6 Å². The Bertz CT molecular complexity index is 849. The average Bonchev–Trinajstić information content (AvgIpc) is 3.14. The van der Waals surface area contributed by atoms with Gasteiger partial charge in [0.15, 0.2) is 0 Å². The number of hydrogen-bond acceptors (Lipinski definition) is 5. The van der Waals surface area contributed by atoms with E-state index in [0.29, 0.717) is 11.6 Å². The Hall–Kier alpha value is -3.15. The van der Waals surface area contributed by atoms with Gasteiger partial charge in [-0.1, -0.05) is 30.3 Å². The second-order valence-corrected chi connectivity index (χ2v) is 5.48. The van der Waals surface area contributed by atoms with E-state index in [0.717, 1.165) is 11.3 Å². The summed E-state index contributed by atoms with van der Waals surface area (Å²) in [6.07, 6.45) is 1.57. The molecule has 0 saturated carbocycles. The van der Waals surface area contributed by atoms with Gasteiger partial charge >= 0.3 is 5.97 Å². The SMILES string of the molecule is CCOC(=O)CN1C(=O)/C(=C/c2ccc(C)o2)N=C1c1ccccc1. The van der Waals surface area contributed by atoms with Crippen LogP contribution in [0.3, 0.4) is 0 Å². The lowest BCUT2D eigenvalue weighted by atomic mass is 10.2. The first-order valence-electron chi connectivity index (χ1n) is 7.98. The lowest BCUT2D eigenvalue weighted by Gasteiger charge is -2.17. The van der Waals surface area contributed by atoms with Crippen molar-refractivity contribution in [3.05, 3.63) is 65.2 Å². The zero-order valence-electron chi connectivity index (χ0n) is 14.1. The molecular weight excluding hydrogens is 320 g/mol. The maximum atomic E-state index is 12.7. The molecule has 0 aliphatic carbocycles. The summed E-state index contributed by atoms with van der Waals surface area (Å²) in [5.74, 6) is 0.867. The predicted octanol–water partition coefficient (Wildman–Crippen LogP) is 2.78. The van der Waals surface area contributed by atoms with Crippen molar-refractivity contribution in [2.24, 2.45) is 4.99 Å². The number of hydrogen-bond donors (Lipinski definition) is 0. The molecule has 1 aromatic heterocycles. The highest BCUT2D eigenvalue weighted by molar-refractivity contribution is 6.20. The number of rotatable bonds is 5. The summed E-state index contributed by atoms with van der Waals surface area (Å²) in [4.78, 5) is 30.4. The molecule has 2 heterocycles. The number of furan rings is 1. The number of nitrogens with zero attached hydrogens (tertiary/aromatic N) is 2. The number of ether oxygens (including phenoxy) is 1. The zero-order chi connectivity index (χ0) is 17.8. The fourth-order valence-electron chi connectivity index (χ4n) is 2.51. The Morgan fingerprint density at radius 2 is 2.00 bits per heavy atom. The Balaban J connectivity index is 1.96. The monoisotopic (exact) mass is 338 g/mol. The van der Waals surface area contributed by atoms with Crippen LogP contribution >= 0.6 is 0 Å². The molecule has 25 heavy (non-hydrogen) atoms.